The molecule has 0 aliphatic carbocycles. The Kier molecular flexibility index (Phi) is 5.38. The first-order valence-electron chi connectivity index (χ1n) is 7.96. The molecule has 3 aromatic carbocycles. The number of hydrogen-bond acceptors (Lipinski definition) is 3. The van der Waals surface area contributed by atoms with Gasteiger partial charge in [-0.2, -0.15) is 0 Å². The third kappa shape index (κ3) is 4.62. The molecule has 0 saturated heterocycles. The van der Waals surface area contributed by atoms with Gasteiger partial charge in [0.05, 0.1) is 4.90 Å². The third-order valence-corrected chi connectivity index (χ3v) is 4.23. The van der Waals surface area contributed by atoms with Gasteiger partial charge in [-0.15, -0.1) is 12.6 Å². The molecule has 0 saturated carbocycles. The molecule has 1 amide bonds. The Morgan fingerprint density at radius 2 is 1.68 bits per heavy atom. The molecule has 5 heteroatoms. The van der Waals surface area contributed by atoms with Crippen LogP contribution in [0.4, 0.5) is 17.1 Å². The highest BCUT2D eigenvalue weighted by Crippen LogP contribution is 2.18. The highest BCUT2D eigenvalue weighted by Gasteiger charge is 2.09. The Morgan fingerprint density at radius 1 is 0.920 bits per heavy atom. The number of amides is 1. The summed E-state index contributed by atoms with van der Waals surface area (Å²) in [6.07, 6.45) is 0. The molecule has 0 radical (unpaired) electrons. The summed E-state index contributed by atoms with van der Waals surface area (Å²) in [6, 6.07) is 23.1. The number of thiol groups is 1. The first kappa shape index (κ1) is 17.1. The molecule has 0 bridgehead atoms. The molecule has 5 N–H and O–H groups in total. The first-order valence-corrected chi connectivity index (χ1v) is 8.41. The normalized spacial score (nSPS) is 10.3. The third-order valence-electron chi connectivity index (χ3n) is 3.80. The maximum absolute atomic E-state index is 12.4. The fourth-order valence-corrected chi connectivity index (χ4v) is 2.59. The maximum Gasteiger partial charge on any atom is 0.255 e. The lowest BCUT2D eigenvalue weighted by Crippen LogP contribution is -2.41. The van der Waals surface area contributed by atoms with Crippen LogP contribution in [0.15, 0.2) is 77.7 Å². The zero-order valence-electron chi connectivity index (χ0n) is 13.7. The van der Waals surface area contributed by atoms with Gasteiger partial charge >= 0.3 is 0 Å². The zero-order chi connectivity index (χ0) is 17.6. The van der Waals surface area contributed by atoms with E-state index in [2.05, 4.69) is 29.0 Å². The van der Waals surface area contributed by atoms with Gasteiger partial charge < -0.3 is 16.4 Å². The highest BCUT2D eigenvalue weighted by molar-refractivity contribution is 7.80. The number of nitrogens with one attached hydrogen (secondary N) is 2. The second kappa shape index (κ2) is 7.88. The molecule has 0 aliphatic heterocycles. The lowest BCUT2D eigenvalue weighted by atomic mass is 10.1. The topological polar surface area (TPSA) is 68.8 Å². The number of rotatable bonds is 5. The van der Waals surface area contributed by atoms with E-state index >= 15 is 0 Å². The second-order valence-corrected chi connectivity index (χ2v) is 6.20. The summed E-state index contributed by atoms with van der Waals surface area (Å²) in [7, 11) is 0. The molecule has 3 aromatic rings. The molecular weight excluding hydrogens is 330 g/mol. The van der Waals surface area contributed by atoms with Crippen LogP contribution in [0.5, 0.6) is 0 Å². The van der Waals surface area contributed by atoms with E-state index in [-0.39, 0.29) is 5.91 Å². The van der Waals surface area contributed by atoms with Gasteiger partial charge in [0.25, 0.3) is 5.91 Å². The summed E-state index contributed by atoms with van der Waals surface area (Å²) in [5, 5.41) is 6.28. The van der Waals surface area contributed by atoms with E-state index in [1.807, 2.05) is 54.6 Å². The van der Waals surface area contributed by atoms with Crippen molar-refractivity contribution in [2.75, 3.05) is 10.6 Å². The minimum Gasteiger partial charge on any atom is -0.381 e. The molecule has 0 heterocycles. The van der Waals surface area contributed by atoms with E-state index in [0.29, 0.717) is 12.1 Å². The largest absolute Gasteiger partial charge is 0.381 e. The molecule has 0 aromatic heterocycles. The summed E-state index contributed by atoms with van der Waals surface area (Å²) in [4.78, 5) is 13.2. The summed E-state index contributed by atoms with van der Waals surface area (Å²) >= 11 is 4.28. The predicted molar refractivity (Wildman–Crippen MR) is 104 cm³/mol. The fourth-order valence-electron chi connectivity index (χ4n) is 2.45. The van der Waals surface area contributed by atoms with Crippen LogP contribution >= 0.6 is 12.6 Å². The molecule has 4 nitrogen and oxygen atoms in total. The Morgan fingerprint density at radius 3 is 2.44 bits per heavy atom. The van der Waals surface area contributed by atoms with E-state index in [1.54, 1.807) is 18.2 Å². The van der Waals surface area contributed by atoms with Gasteiger partial charge in [-0.25, -0.2) is 0 Å². The van der Waals surface area contributed by atoms with E-state index in [0.717, 1.165) is 27.5 Å². The number of quaternary nitrogens is 1. The Labute approximate surface area is 152 Å². The van der Waals surface area contributed by atoms with Crippen molar-refractivity contribution in [3.63, 3.8) is 0 Å². The van der Waals surface area contributed by atoms with Gasteiger partial charge in [0.15, 0.2) is 0 Å². The number of carbonyl (C=O) groups excluding carboxylic acids is 1. The monoisotopic (exact) mass is 350 g/mol. The lowest BCUT2D eigenvalue weighted by molar-refractivity contribution is -0.258. The van der Waals surface area contributed by atoms with Gasteiger partial charge in [0.2, 0.25) is 0 Å². The van der Waals surface area contributed by atoms with Crippen LogP contribution in [0.2, 0.25) is 0 Å². The van der Waals surface area contributed by atoms with Crippen molar-refractivity contribution >= 4 is 35.6 Å². The van der Waals surface area contributed by atoms with Crippen LogP contribution in [0.1, 0.15) is 15.9 Å². The fraction of sp³-hybridized carbons (Fsp3) is 0.0500. The van der Waals surface area contributed by atoms with Crippen molar-refractivity contribution in [1.29, 1.82) is 0 Å². The number of carbonyl (C=O) groups is 1. The van der Waals surface area contributed by atoms with Crippen molar-refractivity contribution in [3.8, 4) is 0 Å². The molecule has 0 spiro atoms. The number of para-hydroxylation sites is 1. The molecule has 0 fully saturated rings. The lowest BCUT2D eigenvalue weighted by Gasteiger charge is -2.10. The van der Waals surface area contributed by atoms with Crippen molar-refractivity contribution in [2.45, 2.75) is 11.4 Å². The van der Waals surface area contributed by atoms with E-state index in [4.69, 9.17) is 0 Å². The van der Waals surface area contributed by atoms with Gasteiger partial charge in [-0.05, 0) is 42.0 Å². The highest BCUT2D eigenvalue weighted by atomic mass is 32.1. The average Bonchev–Trinajstić information content (AvgIpc) is 2.63. The SMILES string of the molecule is [NH3+]c1cc(C(=O)Nc2cccc(CNc3ccccc3)c2)ccc1S. The standard InChI is InChI=1S/C20H19N3OS/c21-18-12-15(9-10-19(18)25)20(24)23-17-8-4-5-14(11-17)13-22-16-6-2-1-3-7-16/h1-12,22,25H,13,21H2,(H,23,24)/p+1. The molecule has 3 rings (SSSR count). The number of hydrogen-bond donors (Lipinski definition) is 4. The number of anilines is 2. The molecule has 126 valence electrons. The van der Waals surface area contributed by atoms with E-state index in [1.165, 1.54) is 0 Å². The Hall–Kier alpha value is -2.76. The van der Waals surface area contributed by atoms with Gasteiger partial charge in [0.1, 0.15) is 5.69 Å². The molecule has 0 aliphatic rings. The van der Waals surface area contributed by atoms with E-state index in [9.17, 15) is 4.79 Å². The van der Waals surface area contributed by atoms with Crippen LogP contribution in [-0.4, -0.2) is 5.91 Å². The van der Waals surface area contributed by atoms with E-state index < -0.39 is 0 Å². The van der Waals surface area contributed by atoms with Crippen molar-refractivity contribution < 1.29 is 10.5 Å². The number of benzene rings is 3. The minimum absolute atomic E-state index is 0.161. The summed E-state index contributed by atoms with van der Waals surface area (Å²) in [6.45, 7) is 0.686. The zero-order valence-corrected chi connectivity index (χ0v) is 14.6. The summed E-state index contributed by atoms with van der Waals surface area (Å²) < 4.78 is 0. The molecule has 25 heavy (non-hydrogen) atoms. The van der Waals surface area contributed by atoms with Gasteiger partial charge in [-0.3, -0.25) is 4.79 Å². The predicted octanol–water partition coefficient (Wildman–Crippen LogP) is 3.71. The maximum atomic E-state index is 12.4. The smallest absolute Gasteiger partial charge is 0.255 e. The van der Waals surface area contributed by atoms with Gasteiger partial charge in [-0.1, -0.05) is 30.3 Å². The molecule has 0 unspecified atom stereocenters. The molecular formula is C20H20N3OS+. The quantitative estimate of drug-likeness (QED) is 0.530. The minimum atomic E-state index is -0.161. The van der Waals surface area contributed by atoms with Crippen LogP contribution in [0.25, 0.3) is 0 Å². The van der Waals surface area contributed by atoms with Crippen LogP contribution in [-0.2, 0) is 6.54 Å². The van der Waals surface area contributed by atoms with Crippen molar-refractivity contribution in [1.82, 2.24) is 0 Å². The van der Waals surface area contributed by atoms with Crippen molar-refractivity contribution in [3.05, 3.63) is 83.9 Å². The summed E-state index contributed by atoms with van der Waals surface area (Å²) in [5.74, 6) is -0.161. The Balaban J connectivity index is 1.66. The first-order chi connectivity index (χ1) is 12.1. The van der Waals surface area contributed by atoms with Crippen molar-refractivity contribution in [2.24, 2.45) is 0 Å². The Bertz CT molecular complexity index is 881. The van der Waals surface area contributed by atoms with Crippen LogP contribution < -0.4 is 16.4 Å². The average molecular weight is 350 g/mol. The summed E-state index contributed by atoms with van der Waals surface area (Å²) in [5.41, 5.74) is 8.08. The molecule has 0 atom stereocenters. The van der Waals surface area contributed by atoms with Gasteiger partial charge in [0, 0.05) is 29.5 Å². The van der Waals surface area contributed by atoms with Crippen LogP contribution in [0, 0.1) is 0 Å². The second-order valence-electron chi connectivity index (χ2n) is 5.72. The van der Waals surface area contributed by atoms with Crippen LogP contribution in [0.3, 0.4) is 0 Å².